The van der Waals surface area contributed by atoms with E-state index < -0.39 is 0 Å². The molecule has 1 heterocycles. The maximum atomic E-state index is 5.73. The maximum absolute atomic E-state index is 5.73. The van der Waals surface area contributed by atoms with Crippen LogP contribution < -0.4 is 16.0 Å². The minimum atomic E-state index is 0.125. The lowest BCUT2D eigenvalue weighted by Crippen LogP contribution is -2.30. The molecule has 0 aliphatic carbocycles. The lowest BCUT2D eigenvalue weighted by Gasteiger charge is -2.23. The topological polar surface area (TPSA) is 60.2 Å². The first kappa shape index (κ1) is 15.9. The van der Waals surface area contributed by atoms with Crippen molar-refractivity contribution >= 4 is 0 Å². The Bertz CT molecular complexity index is 357. The van der Waals surface area contributed by atoms with Gasteiger partial charge in [-0.25, -0.2) is 0 Å². The normalized spacial score (nSPS) is 14.1. The van der Waals surface area contributed by atoms with E-state index in [0.29, 0.717) is 5.92 Å². The number of aromatic nitrogens is 1. The van der Waals surface area contributed by atoms with Gasteiger partial charge in [0.05, 0.1) is 13.3 Å². The molecule has 0 spiro atoms. The molecule has 0 bridgehead atoms. The highest BCUT2D eigenvalue weighted by atomic mass is 16.5. The Morgan fingerprint density at radius 2 is 2.21 bits per heavy atom. The van der Waals surface area contributed by atoms with Gasteiger partial charge in [-0.2, -0.15) is 0 Å². The maximum Gasteiger partial charge on any atom is 0.141 e. The number of nitrogens with zero attached hydrogens (tertiary/aromatic N) is 1. The number of nitrogens with two attached hydrogens (primary N) is 1. The van der Waals surface area contributed by atoms with Gasteiger partial charge in [0.25, 0.3) is 0 Å². The quantitative estimate of drug-likeness (QED) is 0.532. The summed E-state index contributed by atoms with van der Waals surface area (Å²) >= 11 is 0. The predicted molar refractivity (Wildman–Crippen MR) is 78.8 cm³/mol. The number of ether oxygens (including phenoxy) is 1. The Morgan fingerprint density at radius 1 is 1.42 bits per heavy atom. The zero-order chi connectivity index (χ0) is 14.1. The van der Waals surface area contributed by atoms with Crippen molar-refractivity contribution in [1.29, 1.82) is 0 Å². The van der Waals surface area contributed by atoms with E-state index in [1.54, 1.807) is 19.5 Å². The summed E-state index contributed by atoms with van der Waals surface area (Å²) in [6.07, 6.45) is 9.54. The first-order valence-corrected chi connectivity index (χ1v) is 7.20. The SMILES string of the molecule is CCCCC(CC)CC(NN)c1ccncc1OC. The van der Waals surface area contributed by atoms with Crippen molar-refractivity contribution in [2.75, 3.05) is 7.11 Å². The zero-order valence-corrected chi connectivity index (χ0v) is 12.4. The van der Waals surface area contributed by atoms with Crippen molar-refractivity contribution in [2.45, 2.75) is 52.0 Å². The molecule has 1 aromatic heterocycles. The lowest BCUT2D eigenvalue weighted by molar-refractivity contribution is 0.342. The van der Waals surface area contributed by atoms with E-state index in [1.165, 1.54) is 25.7 Å². The molecule has 0 aromatic carbocycles. The first-order chi connectivity index (χ1) is 9.26. The number of hydrogen-bond donors (Lipinski definition) is 2. The van der Waals surface area contributed by atoms with E-state index >= 15 is 0 Å². The summed E-state index contributed by atoms with van der Waals surface area (Å²) in [7, 11) is 1.67. The molecule has 108 valence electrons. The van der Waals surface area contributed by atoms with Gasteiger partial charge >= 0.3 is 0 Å². The molecule has 0 amide bonds. The fourth-order valence-corrected chi connectivity index (χ4v) is 2.45. The van der Waals surface area contributed by atoms with Gasteiger partial charge in [0.2, 0.25) is 0 Å². The molecule has 0 aliphatic heterocycles. The third-order valence-corrected chi connectivity index (χ3v) is 3.73. The summed E-state index contributed by atoms with van der Waals surface area (Å²) < 4.78 is 5.37. The number of rotatable bonds is 9. The van der Waals surface area contributed by atoms with E-state index in [4.69, 9.17) is 10.6 Å². The molecule has 4 nitrogen and oxygen atoms in total. The second kappa shape index (κ2) is 8.88. The molecule has 2 unspecified atom stereocenters. The Morgan fingerprint density at radius 3 is 2.79 bits per heavy atom. The first-order valence-electron chi connectivity index (χ1n) is 7.20. The molecular formula is C15H27N3O. The number of hydrazine groups is 1. The van der Waals surface area contributed by atoms with Gasteiger partial charge in [-0.05, 0) is 18.4 Å². The molecule has 0 saturated carbocycles. The highest BCUT2D eigenvalue weighted by molar-refractivity contribution is 5.32. The summed E-state index contributed by atoms with van der Waals surface area (Å²) in [4.78, 5) is 4.09. The number of nitrogens with one attached hydrogen (secondary N) is 1. The van der Waals surface area contributed by atoms with Crippen molar-refractivity contribution in [3.63, 3.8) is 0 Å². The van der Waals surface area contributed by atoms with E-state index in [2.05, 4.69) is 24.3 Å². The van der Waals surface area contributed by atoms with Crippen LogP contribution in [0.25, 0.3) is 0 Å². The highest BCUT2D eigenvalue weighted by Gasteiger charge is 2.19. The molecule has 1 rings (SSSR count). The second-order valence-electron chi connectivity index (χ2n) is 4.99. The van der Waals surface area contributed by atoms with Crippen LogP contribution in [-0.2, 0) is 0 Å². The molecule has 3 N–H and O–H groups in total. The average Bonchev–Trinajstić information content (AvgIpc) is 2.47. The van der Waals surface area contributed by atoms with E-state index in [0.717, 1.165) is 17.7 Å². The summed E-state index contributed by atoms with van der Waals surface area (Å²) in [5.74, 6) is 7.23. The van der Waals surface area contributed by atoms with Crippen molar-refractivity contribution in [3.05, 3.63) is 24.0 Å². The van der Waals surface area contributed by atoms with E-state index in [-0.39, 0.29) is 6.04 Å². The molecule has 1 aromatic rings. The van der Waals surface area contributed by atoms with Gasteiger partial charge in [-0.3, -0.25) is 16.3 Å². The largest absolute Gasteiger partial charge is 0.495 e. The van der Waals surface area contributed by atoms with Crippen molar-refractivity contribution in [2.24, 2.45) is 11.8 Å². The fourth-order valence-electron chi connectivity index (χ4n) is 2.45. The minimum absolute atomic E-state index is 0.125. The van der Waals surface area contributed by atoms with Crippen LogP contribution in [0.1, 0.15) is 57.6 Å². The standard InChI is InChI=1S/C15H27N3O/c1-4-6-7-12(5-2)10-14(18-16)13-8-9-17-11-15(13)19-3/h8-9,11-12,14,18H,4-7,10,16H2,1-3H3. The number of pyridine rings is 1. The van der Waals surface area contributed by atoms with Crippen LogP contribution in [0, 0.1) is 5.92 Å². The molecular weight excluding hydrogens is 238 g/mol. The Labute approximate surface area is 116 Å². The van der Waals surface area contributed by atoms with Gasteiger partial charge in [-0.15, -0.1) is 0 Å². The fraction of sp³-hybridized carbons (Fsp3) is 0.667. The van der Waals surface area contributed by atoms with E-state index in [1.807, 2.05) is 6.07 Å². The van der Waals surface area contributed by atoms with E-state index in [9.17, 15) is 0 Å². The van der Waals surface area contributed by atoms with Gasteiger partial charge in [0.1, 0.15) is 5.75 Å². The summed E-state index contributed by atoms with van der Waals surface area (Å²) in [6, 6.07) is 2.11. The molecule has 0 fully saturated rings. The van der Waals surface area contributed by atoms with Crippen LogP contribution in [0.4, 0.5) is 0 Å². The van der Waals surface area contributed by atoms with Crippen LogP contribution in [0.3, 0.4) is 0 Å². The molecule has 0 radical (unpaired) electrons. The van der Waals surface area contributed by atoms with Crippen LogP contribution in [0.15, 0.2) is 18.5 Å². The lowest BCUT2D eigenvalue weighted by atomic mass is 9.89. The summed E-state index contributed by atoms with van der Waals surface area (Å²) in [5, 5.41) is 0. The number of unbranched alkanes of at least 4 members (excludes halogenated alkanes) is 1. The smallest absolute Gasteiger partial charge is 0.141 e. The Kier molecular flexibility index (Phi) is 7.45. The Balaban J connectivity index is 2.75. The second-order valence-corrected chi connectivity index (χ2v) is 4.99. The van der Waals surface area contributed by atoms with Gasteiger partial charge < -0.3 is 4.74 Å². The average molecular weight is 265 g/mol. The summed E-state index contributed by atoms with van der Waals surface area (Å²) in [6.45, 7) is 4.48. The zero-order valence-electron chi connectivity index (χ0n) is 12.4. The van der Waals surface area contributed by atoms with Crippen molar-refractivity contribution in [1.82, 2.24) is 10.4 Å². The van der Waals surface area contributed by atoms with Crippen LogP contribution in [-0.4, -0.2) is 12.1 Å². The molecule has 19 heavy (non-hydrogen) atoms. The monoisotopic (exact) mass is 265 g/mol. The number of hydrogen-bond acceptors (Lipinski definition) is 4. The molecule has 2 atom stereocenters. The molecule has 0 aliphatic rings. The third kappa shape index (κ3) is 4.80. The summed E-state index contributed by atoms with van der Waals surface area (Å²) in [5.41, 5.74) is 4.02. The third-order valence-electron chi connectivity index (χ3n) is 3.73. The van der Waals surface area contributed by atoms with Gasteiger partial charge in [0, 0.05) is 17.8 Å². The minimum Gasteiger partial charge on any atom is -0.495 e. The van der Waals surface area contributed by atoms with Gasteiger partial charge in [0.15, 0.2) is 0 Å². The van der Waals surface area contributed by atoms with Gasteiger partial charge in [-0.1, -0.05) is 39.5 Å². The molecule has 4 heteroatoms. The van der Waals surface area contributed by atoms with Crippen molar-refractivity contribution < 1.29 is 4.74 Å². The van der Waals surface area contributed by atoms with Crippen LogP contribution in [0.2, 0.25) is 0 Å². The number of methoxy groups -OCH3 is 1. The predicted octanol–water partition coefficient (Wildman–Crippen LogP) is 3.20. The van der Waals surface area contributed by atoms with Crippen molar-refractivity contribution in [3.8, 4) is 5.75 Å². The molecule has 0 saturated heterocycles. The van der Waals surface area contributed by atoms with Crippen LogP contribution >= 0.6 is 0 Å². The highest BCUT2D eigenvalue weighted by Crippen LogP contribution is 2.30. The van der Waals surface area contributed by atoms with Crippen LogP contribution in [0.5, 0.6) is 5.75 Å². The Hall–Kier alpha value is -1.13.